The van der Waals surface area contributed by atoms with Crippen LogP contribution in [0.15, 0.2) is 84.0 Å². The van der Waals surface area contributed by atoms with Gasteiger partial charge in [0.2, 0.25) is 0 Å². The Hall–Kier alpha value is -3.73. The van der Waals surface area contributed by atoms with Crippen molar-refractivity contribution in [2.45, 2.75) is 6.92 Å². The lowest BCUT2D eigenvalue weighted by Crippen LogP contribution is -2.18. The van der Waals surface area contributed by atoms with E-state index in [4.69, 9.17) is 0 Å². The molecule has 27 heavy (non-hydrogen) atoms. The highest BCUT2D eigenvalue weighted by Gasteiger charge is 2.09. The number of anilines is 1. The van der Waals surface area contributed by atoms with Gasteiger partial charge in [-0.05, 0) is 48.4 Å². The Kier molecular flexibility index (Phi) is 5.74. The topological polar surface area (TPSA) is 70.6 Å². The fourth-order valence-electron chi connectivity index (χ4n) is 2.50. The molecule has 0 saturated heterocycles. The third-order valence-corrected chi connectivity index (χ3v) is 3.97. The van der Waals surface area contributed by atoms with Crippen LogP contribution in [0.25, 0.3) is 0 Å². The van der Waals surface area contributed by atoms with E-state index in [1.54, 1.807) is 36.5 Å². The van der Waals surface area contributed by atoms with Crippen LogP contribution in [0.2, 0.25) is 0 Å². The van der Waals surface area contributed by atoms with Gasteiger partial charge in [-0.2, -0.15) is 5.10 Å². The quantitative estimate of drug-likeness (QED) is 0.535. The van der Waals surface area contributed by atoms with E-state index in [9.17, 15) is 9.59 Å². The first-order valence-corrected chi connectivity index (χ1v) is 8.49. The molecule has 0 atom stereocenters. The van der Waals surface area contributed by atoms with Crippen molar-refractivity contribution in [3.8, 4) is 0 Å². The van der Waals surface area contributed by atoms with Gasteiger partial charge in [-0.3, -0.25) is 9.59 Å². The zero-order valence-electron chi connectivity index (χ0n) is 14.8. The van der Waals surface area contributed by atoms with E-state index >= 15 is 0 Å². The SMILES string of the molecule is Cc1ccccc1C(=O)Nc1ccc(C(=O)N/N=C\c2ccccc2)cc1. The van der Waals surface area contributed by atoms with Gasteiger partial charge in [0.1, 0.15) is 0 Å². The summed E-state index contributed by atoms with van der Waals surface area (Å²) in [5.74, 6) is -0.503. The smallest absolute Gasteiger partial charge is 0.271 e. The van der Waals surface area contributed by atoms with Gasteiger partial charge < -0.3 is 5.32 Å². The predicted molar refractivity (Wildman–Crippen MR) is 107 cm³/mol. The van der Waals surface area contributed by atoms with Crippen LogP contribution in [0.3, 0.4) is 0 Å². The van der Waals surface area contributed by atoms with E-state index in [2.05, 4.69) is 15.8 Å². The number of hydrogen-bond donors (Lipinski definition) is 2. The molecule has 0 heterocycles. The maximum absolute atomic E-state index is 12.3. The van der Waals surface area contributed by atoms with Crippen LogP contribution in [0.5, 0.6) is 0 Å². The second-order valence-corrected chi connectivity index (χ2v) is 5.96. The Morgan fingerprint density at radius 2 is 1.48 bits per heavy atom. The highest BCUT2D eigenvalue weighted by Crippen LogP contribution is 2.13. The lowest BCUT2D eigenvalue weighted by molar-refractivity contribution is 0.0954. The monoisotopic (exact) mass is 357 g/mol. The molecule has 3 aromatic carbocycles. The number of carbonyl (C=O) groups excluding carboxylic acids is 2. The second-order valence-electron chi connectivity index (χ2n) is 5.96. The van der Waals surface area contributed by atoms with Crippen LogP contribution in [-0.2, 0) is 0 Å². The van der Waals surface area contributed by atoms with E-state index in [1.807, 2.05) is 55.5 Å². The number of amides is 2. The molecule has 0 unspecified atom stereocenters. The van der Waals surface area contributed by atoms with Crippen molar-refractivity contribution in [3.63, 3.8) is 0 Å². The van der Waals surface area contributed by atoms with Crippen LogP contribution in [0.1, 0.15) is 31.8 Å². The molecule has 5 heteroatoms. The zero-order valence-corrected chi connectivity index (χ0v) is 14.8. The fraction of sp³-hybridized carbons (Fsp3) is 0.0455. The number of hydrazone groups is 1. The number of nitrogens with one attached hydrogen (secondary N) is 2. The summed E-state index contributed by atoms with van der Waals surface area (Å²) in [5, 5.41) is 6.77. The van der Waals surface area contributed by atoms with Gasteiger partial charge in [-0.15, -0.1) is 0 Å². The van der Waals surface area contributed by atoms with Gasteiger partial charge >= 0.3 is 0 Å². The molecule has 5 nitrogen and oxygen atoms in total. The van der Waals surface area contributed by atoms with Crippen molar-refractivity contribution in [1.82, 2.24) is 5.43 Å². The average Bonchev–Trinajstić information content (AvgIpc) is 2.69. The van der Waals surface area contributed by atoms with Crippen LogP contribution in [0.4, 0.5) is 5.69 Å². The molecule has 0 aliphatic carbocycles. The molecular weight excluding hydrogens is 338 g/mol. The van der Waals surface area contributed by atoms with E-state index in [0.29, 0.717) is 16.8 Å². The zero-order chi connectivity index (χ0) is 19.1. The summed E-state index contributed by atoms with van der Waals surface area (Å²) in [6.07, 6.45) is 1.58. The lowest BCUT2D eigenvalue weighted by atomic mass is 10.1. The summed E-state index contributed by atoms with van der Waals surface area (Å²) in [4.78, 5) is 24.4. The number of hydrogen-bond acceptors (Lipinski definition) is 3. The Bertz CT molecular complexity index is 964. The second kappa shape index (κ2) is 8.58. The van der Waals surface area contributed by atoms with E-state index in [0.717, 1.165) is 11.1 Å². The van der Waals surface area contributed by atoms with Crippen LogP contribution in [0, 0.1) is 6.92 Å². The maximum Gasteiger partial charge on any atom is 0.271 e. The Morgan fingerprint density at radius 1 is 0.815 bits per heavy atom. The van der Waals surface area contributed by atoms with Gasteiger partial charge in [-0.1, -0.05) is 48.5 Å². The molecule has 0 saturated carbocycles. The van der Waals surface area contributed by atoms with Crippen molar-refractivity contribution < 1.29 is 9.59 Å². The third-order valence-electron chi connectivity index (χ3n) is 3.97. The maximum atomic E-state index is 12.3. The van der Waals surface area contributed by atoms with Crippen LogP contribution >= 0.6 is 0 Å². The highest BCUT2D eigenvalue weighted by atomic mass is 16.2. The minimum absolute atomic E-state index is 0.183. The van der Waals surface area contributed by atoms with Crippen molar-refractivity contribution in [3.05, 3.63) is 101 Å². The molecule has 0 aliphatic heterocycles. The molecular formula is C22H19N3O2. The summed E-state index contributed by atoms with van der Waals surface area (Å²) in [6, 6.07) is 23.5. The summed E-state index contributed by atoms with van der Waals surface area (Å²) >= 11 is 0. The predicted octanol–water partition coefficient (Wildman–Crippen LogP) is 4.01. The summed E-state index contributed by atoms with van der Waals surface area (Å²) < 4.78 is 0. The van der Waals surface area contributed by atoms with Crippen molar-refractivity contribution >= 4 is 23.7 Å². The first-order chi connectivity index (χ1) is 13.1. The number of rotatable bonds is 5. The Labute approximate surface area is 157 Å². The molecule has 134 valence electrons. The first kappa shape index (κ1) is 18.1. The molecule has 3 rings (SSSR count). The van der Waals surface area contributed by atoms with Gasteiger partial charge in [0, 0.05) is 16.8 Å². The molecule has 0 aliphatic rings. The third kappa shape index (κ3) is 4.89. The lowest BCUT2D eigenvalue weighted by Gasteiger charge is -2.08. The first-order valence-electron chi connectivity index (χ1n) is 8.49. The van der Waals surface area contributed by atoms with Crippen molar-refractivity contribution in [2.24, 2.45) is 5.10 Å². The molecule has 0 bridgehead atoms. The number of nitrogens with zero attached hydrogens (tertiary/aromatic N) is 1. The van der Waals surface area contributed by atoms with E-state index in [-0.39, 0.29) is 11.8 Å². The normalized spacial score (nSPS) is 10.6. The largest absolute Gasteiger partial charge is 0.322 e. The van der Waals surface area contributed by atoms with E-state index in [1.165, 1.54) is 0 Å². The summed E-state index contributed by atoms with van der Waals surface area (Å²) in [6.45, 7) is 1.89. The number of benzene rings is 3. The van der Waals surface area contributed by atoms with Gasteiger partial charge in [0.25, 0.3) is 11.8 Å². The van der Waals surface area contributed by atoms with Gasteiger partial charge in [0.15, 0.2) is 0 Å². The molecule has 0 radical (unpaired) electrons. The molecule has 2 N–H and O–H groups in total. The molecule has 0 aromatic heterocycles. The molecule has 0 fully saturated rings. The minimum Gasteiger partial charge on any atom is -0.322 e. The average molecular weight is 357 g/mol. The van der Waals surface area contributed by atoms with Crippen LogP contribution < -0.4 is 10.7 Å². The number of carbonyl (C=O) groups is 2. The van der Waals surface area contributed by atoms with Gasteiger partial charge in [0.05, 0.1) is 6.21 Å². The Balaban J connectivity index is 1.59. The molecule has 2 amide bonds. The van der Waals surface area contributed by atoms with Crippen molar-refractivity contribution in [1.29, 1.82) is 0 Å². The van der Waals surface area contributed by atoms with E-state index < -0.39 is 0 Å². The molecule has 3 aromatic rings. The molecule has 0 spiro atoms. The standard InChI is InChI=1S/C22H19N3O2/c1-16-7-5-6-10-20(16)22(27)24-19-13-11-18(12-14-19)21(26)25-23-15-17-8-3-2-4-9-17/h2-15H,1H3,(H,24,27)(H,25,26)/b23-15-. The minimum atomic E-state index is -0.320. The number of aryl methyl sites for hydroxylation is 1. The Morgan fingerprint density at radius 3 is 2.19 bits per heavy atom. The van der Waals surface area contributed by atoms with Gasteiger partial charge in [-0.25, -0.2) is 5.43 Å². The van der Waals surface area contributed by atoms with Crippen molar-refractivity contribution in [2.75, 3.05) is 5.32 Å². The highest BCUT2D eigenvalue weighted by molar-refractivity contribution is 6.05. The summed E-state index contributed by atoms with van der Waals surface area (Å²) in [5.41, 5.74) is 5.98. The summed E-state index contributed by atoms with van der Waals surface area (Å²) in [7, 11) is 0. The van der Waals surface area contributed by atoms with Crippen LogP contribution in [-0.4, -0.2) is 18.0 Å². The fourth-order valence-corrected chi connectivity index (χ4v) is 2.50.